The molecular formula is C14H20N2O2. The Labute approximate surface area is 107 Å². The van der Waals surface area contributed by atoms with Crippen LogP contribution in [0.3, 0.4) is 0 Å². The van der Waals surface area contributed by atoms with Gasteiger partial charge in [-0.3, -0.25) is 4.79 Å². The standard InChI is InChI=1S/C14H20N2O2/c17-12-3-1-11(2-4-12)14-15-9-13(16-14)10-5-7-18-8-6-10/h9-11H,1-8H2,(H,15,16). The first kappa shape index (κ1) is 11.9. The zero-order chi connectivity index (χ0) is 12.4. The quantitative estimate of drug-likeness (QED) is 0.875. The van der Waals surface area contributed by atoms with Gasteiger partial charge in [0.25, 0.3) is 0 Å². The Bertz CT molecular complexity index is 411. The lowest BCUT2D eigenvalue weighted by atomic mass is 9.88. The zero-order valence-corrected chi connectivity index (χ0v) is 10.7. The summed E-state index contributed by atoms with van der Waals surface area (Å²) in [6.07, 6.45) is 7.52. The van der Waals surface area contributed by atoms with Crippen molar-refractivity contribution in [3.05, 3.63) is 17.7 Å². The lowest BCUT2D eigenvalue weighted by molar-refractivity contribution is -0.120. The summed E-state index contributed by atoms with van der Waals surface area (Å²) in [7, 11) is 0. The van der Waals surface area contributed by atoms with Crippen molar-refractivity contribution in [2.45, 2.75) is 50.4 Å². The smallest absolute Gasteiger partial charge is 0.132 e. The van der Waals surface area contributed by atoms with Crippen LogP contribution in [0.15, 0.2) is 6.20 Å². The second-order valence-electron chi connectivity index (χ2n) is 5.42. The van der Waals surface area contributed by atoms with Crippen LogP contribution in [0.2, 0.25) is 0 Å². The van der Waals surface area contributed by atoms with Crippen molar-refractivity contribution in [3.8, 4) is 0 Å². The maximum absolute atomic E-state index is 11.2. The van der Waals surface area contributed by atoms with Crippen molar-refractivity contribution in [1.82, 2.24) is 9.97 Å². The Morgan fingerprint density at radius 1 is 1.11 bits per heavy atom. The minimum absolute atomic E-state index is 0.405. The number of imidazole rings is 1. The molecule has 0 radical (unpaired) electrons. The van der Waals surface area contributed by atoms with Gasteiger partial charge >= 0.3 is 0 Å². The first-order valence-electron chi connectivity index (χ1n) is 6.97. The van der Waals surface area contributed by atoms with E-state index in [4.69, 9.17) is 4.74 Å². The number of nitrogens with one attached hydrogen (secondary N) is 1. The number of rotatable bonds is 2. The van der Waals surface area contributed by atoms with E-state index in [1.807, 2.05) is 6.20 Å². The van der Waals surface area contributed by atoms with Gasteiger partial charge in [0.2, 0.25) is 0 Å². The summed E-state index contributed by atoms with van der Waals surface area (Å²) < 4.78 is 5.38. The fraction of sp³-hybridized carbons (Fsp3) is 0.714. The van der Waals surface area contributed by atoms with Gasteiger partial charge in [0.1, 0.15) is 11.6 Å². The molecule has 2 heterocycles. The van der Waals surface area contributed by atoms with Gasteiger partial charge in [0.15, 0.2) is 0 Å². The summed E-state index contributed by atoms with van der Waals surface area (Å²) in [6.45, 7) is 1.72. The van der Waals surface area contributed by atoms with Crippen molar-refractivity contribution in [1.29, 1.82) is 0 Å². The lowest BCUT2D eigenvalue weighted by Crippen LogP contribution is -2.15. The molecule has 0 amide bonds. The van der Waals surface area contributed by atoms with E-state index in [0.717, 1.165) is 57.6 Å². The molecule has 0 bridgehead atoms. The Balaban J connectivity index is 1.67. The van der Waals surface area contributed by atoms with Gasteiger partial charge in [0, 0.05) is 49.8 Å². The van der Waals surface area contributed by atoms with Gasteiger partial charge < -0.3 is 9.72 Å². The van der Waals surface area contributed by atoms with Crippen LogP contribution in [0.4, 0.5) is 0 Å². The van der Waals surface area contributed by atoms with Gasteiger partial charge in [-0.1, -0.05) is 0 Å². The number of Topliss-reactive ketones (excluding diaryl/α,β-unsaturated/α-hetero) is 1. The summed E-state index contributed by atoms with van der Waals surface area (Å²) >= 11 is 0. The van der Waals surface area contributed by atoms with E-state index < -0.39 is 0 Å². The highest BCUT2D eigenvalue weighted by atomic mass is 16.5. The number of carbonyl (C=O) groups excluding carboxylic acids is 1. The zero-order valence-electron chi connectivity index (χ0n) is 10.7. The summed E-state index contributed by atoms with van der Waals surface area (Å²) in [5.74, 6) is 2.52. The van der Waals surface area contributed by atoms with Crippen LogP contribution in [-0.2, 0) is 9.53 Å². The average molecular weight is 248 g/mol. The summed E-state index contributed by atoms with van der Waals surface area (Å²) in [6, 6.07) is 0. The first-order valence-corrected chi connectivity index (χ1v) is 6.97. The Hall–Kier alpha value is -1.16. The van der Waals surface area contributed by atoms with E-state index in [0.29, 0.717) is 17.6 Å². The van der Waals surface area contributed by atoms with Crippen molar-refractivity contribution in [2.75, 3.05) is 13.2 Å². The van der Waals surface area contributed by atoms with Crippen LogP contribution in [0.1, 0.15) is 61.9 Å². The molecule has 0 atom stereocenters. The molecule has 1 saturated carbocycles. The molecule has 2 aliphatic rings. The summed E-state index contributed by atoms with van der Waals surface area (Å²) in [5.41, 5.74) is 1.25. The normalized spacial score (nSPS) is 23.4. The van der Waals surface area contributed by atoms with E-state index in [1.165, 1.54) is 5.69 Å². The van der Waals surface area contributed by atoms with Gasteiger partial charge in [-0.05, 0) is 25.7 Å². The number of H-pyrrole nitrogens is 1. The van der Waals surface area contributed by atoms with E-state index >= 15 is 0 Å². The van der Waals surface area contributed by atoms with E-state index in [-0.39, 0.29) is 0 Å². The molecule has 1 aromatic rings. The molecule has 2 fully saturated rings. The Morgan fingerprint density at radius 2 is 1.83 bits per heavy atom. The number of nitrogens with zero attached hydrogens (tertiary/aromatic N) is 1. The molecule has 0 unspecified atom stereocenters. The number of hydrogen-bond donors (Lipinski definition) is 1. The minimum Gasteiger partial charge on any atom is -0.381 e. The number of ether oxygens (including phenoxy) is 1. The fourth-order valence-corrected chi connectivity index (χ4v) is 2.99. The fourth-order valence-electron chi connectivity index (χ4n) is 2.99. The number of aromatic nitrogens is 2. The van der Waals surface area contributed by atoms with Crippen molar-refractivity contribution in [2.24, 2.45) is 0 Å². The Kier molecular flexibility index (Phi) is 3.46. The van der Waals surface area contributed by atoms with Crippen molar-refractivity contribution in [3.63, 3.8) is 0 Å². The molecule has 18 heavy (non-hydrogen) atoms. The molecule has 98 valence electrons. The van der Waals surface area contributed by atoms with Crippen LogP contribution >= 0.6 is 0 Å². The monoisotopic (exact) mass is 248 g/mol. The number of ketones is 1. The third kappa shape index (κ3) is 2.48. The minimum atomic E-state index is 0.405. The van der Waals surface area contributed by atoms with E-state index in [9.17, 15) is 4.79 Å². The SMILES string of the molecule is O=C1CCC(c2ncc(C3CCOCC3)[nH]2)CC1. The molecule has 4 heteroatoms. The van der Waals surface area contributed by atoms with Gasteiger partial charge in [0.05, 0.1) is 0 Å². The summed E-state index contributed by atoms with van der Waals surface area (Å²) in [4.78, 5) is 19.3. The van der Waals surface area contributed by atoms with Gasteiger partial charge in [-0.25, -0.2) is 4.98 Å². The highest BCUT2D eigenvalue weighted by Gasteiger charge is 2.24. The maximum atomic E-state index is 11.2. The molecule has 1 N–H and O–H groups in total. The van der Waals surface area contributed by atoms with Gasteiger partial charge in [-0.2, -0.15) is 0 Å². The number of aromatic amines is 1. The van der Waals surface area contributed by atoms with Crippen molar-refractivity contribution >= 4 is 5.78 Å². The first-order chi connectivity index (χ1) is 8.83. The third-order valence-corrected chi connectivity index (χ3v) is 4.21. The largest absolute Gasteiger partial charge is 0.381 e. The molecular weight excluding hydrogens is 228 g/mol. The molecule has 3 rings (SSSR count). The Morgan fingerprint density at radius 3 is 2.56 bits per heavy atom. The maximum Gasteiger partial charge on any atom is 0.132 e. The van der Waals surface area contributed by atoms with E-state index in [1.54, 1.807) is 0 Å². The summed E-state index contributed by atoms with van der Waals surface area (Å²) in [5, 5.41) is 0. The molecule has 0 spiro atoms. The molecule has 0 aromatic carbocycles. The predicted octanol–water partition coefficient (Wildman–Crippen LogP) is 2.53. The van der Waals surface area contributed by atoms with Crippen molar-refractivity contribution < 1.29 is 9.53 Å². The highest BCUT2D eigenvalue weighted by molar-refractivity contribution is 5.79. The van der Waals surface area contributed by atoms with Crippen LogP contribution in [0.25, 0.3) is 0 Å². The second-order valence-corrected chi connectivity index (χ2v) is 5.42. The van der Waals surface area contributed by atoms with Crippen LogP contribution in [0.5, 0.6) is 0 Å². The molecule has 1 aliphatic carbocycles. The van der Waals surface area contributed by atoms with Crippen LogP contribution < -0.4 is 0 Å². The van der Waals surface area contributed by atoms with Gasteiger partial charge in [-0.15, -0.1) is 0 Å². The van der Waals surface area contributed by atoms with Crippen LogP contribution in [0, 0.1) is 0 Å². The third-order valence-electron chi connectivity index (χ3n) is 4.21. The highest BCUT2D eigenvalue weighted by Crippen LogP contribution is 2.31. The lowest BCUT2D eigenvalue weighted by Gasteiger charge is -2.21. The predicted molar refractivity (Wildman–Crippen MR) is 67.6 cm³/mol. The topological polar surface area (TPSA) is 55.0 Å². The molecule has 1 aromatic heterocycles. The number of hydrogen-bond acceptors (Lipinski definition) is 3. The number of carbonyl (C=O) groups is 1. The second kappa shape index (κ2) is 5.22. The van der Waals surface area contributed by atoms with Crippen LogP contribution in [-0.4, -0.2) is 29.0 Å². The molecule has 1 aliphatic heterocycles. The molecule has 4 nitrogen and oxygen atoms in total. The molecule has 1 saturated heterocycles. The average Bonchev–Trinajstić information content (AvgIpc) is 2.90. The van der Waals surface area contributed by atoms with E-state index in [2.05, 4.69) is 9.97 Å².